The average molecular weight is 278 g/mol. The van der Waals surface area contributed by atoms with Gasteiger partial charge >= 0.3 is 0 Å². The molecule has 2 heterocycles. The second-order valence-corrected chi connectivity index (χ2v) is 5.88. The lowest BCUT2D eigenvalue weighted by molar-refractivity contribution is 0.421. The number of nitrogens with zero attached hydrogens (tertiary/aromatic N) is 2. The topological polar surface area (TPSA) is 61.0 Å². The molecule has 1 fully saturated rings. The second kappa shape index (κ2) is 6.88. The van der Waals surface area contributed by atoms with E-state index in [4.69, 9.17) is 0 Å². The molecule has 2 N–H and O–H groups in total. The molecule has 1 unspecified atom stereocenters. The highest BCUT2D eigenvalue weighted by molar-refractivity contribution is 5.38. The zero-order chi connectivity index (χ0) is 14.5. The number of nitrogens with one attached hydrogen (secondary N) is 2. The summed E-state index contributed by atoms with van der Waals surface area (Å²) in [4.78, 5) is 21.4. The summed E-state index contributed by atoms with van der Waals surface area (Å²) in [6.45, 7) is 9.25. The Morgan fingerprint density at radius 3 is 3.05 bits per heavy atom. The average Bonchev–Trinajstić information content (AvgIpc) is 2.44. The zero-order valence-corrected chi connectivity index (χ0v) is 12.8. The van der Waals surface area contributed by atoms with Crippen LogP contribution in [0.4, 0.5) is 5.82 Å². The van der Waals surface area contributed by atoms with Crippen LogP contribution in [0.1, 0.15) is 51.8 Å². The molecule has 0 bridgehead atoms. The van der Waals surface area contributed by atoms with Crippen molar-refractivity contribution in [2.45, 2.75) is 52.0 Å². The molecular weight excluding hydrogens is 252 g/mol. The van der Waals surface area contributed by atoms with Gasteiger partial charge in [0.25, 0.3) is 5.56 Å². The molecule has 2 rings (SSSR count). The van der Waals surface area contributed by atoms with Crippen molar-refractivity contribution >= 4 is 5.82 Å². The van der Waals surface area contributed by atoms with E-state index in [9.17, 15) is 4.79 Å². The van der Waals surface area contributed by atoms with Crippen LogP contribution >= 0.6 is 0 Å². The van der Waals surface area contributed by atoms with Crippen LogP contribution in [0.15, 0.2) is 10.9 Å². The maximum Gasteiger partial charge on any atom is 0.252 e. The van der Waals surface area contributed by atoms with E-state index >= 15 is 0 Å². The van der Waals surface area contributed by atoms with Crippen LogP contribution in [0.2, 0.25) is 0 Å². The van der Waals surface area contributed by atoms with E-state index < -0.39 is 0 Å². The van der Waals surface area contributed by atoms with Crippen molar-refractivity contribution < 1.29 is 0 Å². The van der Waals surface area contributed by atoms with E-state index in [-0.39, 0.29) is 11.5 Å². The molecule has 0 aromatic carbocycles. The fraction of sp³-hybridized carbons (Fsp3) is 0.733. The highest BCUT2D eigenvalue weighted by Crippen LogP contribution is 2.18. The first-order chi connectivity index (χ1) is 9.60. The Kier molecular flexibility index (Phi) is 5.17. The highest BCUT2D eigenvalue weighted by Gasteiger charge is 2.21. The number of anilines is 1. The SMILES string of the molecule is CCCNC1CCCN(c2cc(=O)[nH]c(C(C)C)n2)C1. The van der Waals surface area contributed by atoms with E-state index in [1.165, 1.54) is 6.42 Å². The number of aromatic nitrogens is 2. The molecule has 112 valence electrons. The highest BCUT2D eigenvalue weighted by atomic mass is 16.1. The molecule has 1 aliphatic heterocycles. The van der Waals surface area contributed by atoms with Gasteiger partial charge < -0.3 is 15.2 Å². The van der Waals surface area contributed by atoms with Crippen LogP contribution in [0.25, 0.3) is 0 Å². The van der Waals surface area contributed by atoms with Gasteiger partial charge in [0.05, 0.1) is 0 Å². The molecule has 0 radical (unpaired) electrons. The number of rotatable bonds is 5. The lowest BCUT2D eigenvalue weighted by Gasteiger charge is -2.34. The number of H-pyrrole nitrogens is 1. The van der Waals surface area contributed by atoms with Gasteiger partial charge in [0.1, 0.15) is 11.6 Å². The molecule has 1 aromatic rings. The summed E-state index contributed by atoms with van der Waals surface area (Å²) in [5, 5.41) is 3.57. The van der Waals surface area contributed by atoms with Crippen LogP contribution in [0.3, 0.4) is 0 Å². The Bertz CT molecular complexity index is 483. The zero-order valence-electron chi connectivity index (χ0n) is 12.8. The first-order valence-electron chi connectivity index (χ1n) is 7.69. The number of hydrogen-bond donors (Lipinski definition) is 2. The first kappa shape index (κ1) is 15.0. The van der Waals surface area contributed by atoms with Crippen molar-refractivity contribution in [3.8, 4) is 0 Å². The second-order valence-electron chi connectivity index (χ2n) is 5.88. The standard InChI is InChI=1S/C15H26N4O/c1-4-7-16-12-6-5-8-19(10-12)13-9-14(20)18-15(17-13)11(2)3/h9,11-12,16H,4-8,10H2,1-3H3,(H,17,18,20). The monoisotopic (exact) mass is 278 g/mol. The van der Waals surface area contributed by atoms with Crippen molar-refractivity contribution in [1.82, 2.24) is 15.3 Å². The summed E-state index contributed by atoms with van der Waals surface area (Å²) in [5.74, 6) is 1.83. The molecule has 0 spiro atoms. The quantitative estimate of drug-likeness (QED) is 0.863. The maximum absolute atomic E-state index is 11.8. The van der Waals surface area contributed by atoms with Crippen LogP contribution < -0.4 is 15.8 Å². The maximum atomic E-state index is 11.8. The Balaban J connectivity index is 2.12. The Hall–Kier alpha value is -1.36. The van der Waals surface area contributed by atoms with Crippen molar-refractivity contribution in [2.24, 2.45) is 0 Å². The minimum absolute atomic E-state index is 0.0534. The molecule has 20 heavy (non-hydrogen) atoms. The Morgan fingerprint density at radius 1 is 1.55 bits per heavy atom. The molecule has 1 atom stereocenters. The van der Waals surface area contributed by atoms with Gasteiger partial charge in [-0.05, 0) is 25.8 Å². The lowest BCUT2D eigenvalue weighted by atomic mass is 10.1. The van der Waals surface area contributed by atoms with E-state index in [1.807, 2.05) is 13.8 Å². The fourth-order valence-electron chi connectivity index (χ4n) is 2.60. The molecule has 5 heteroatoms. The number of aromatic amines is 1. The van der Waals surface area contributed by atoms with Gasteiger partial charge in [-0.1, -0.05) is 20.8 Å². The molecule has 1 saturated heterocycles. The smallest absolute Gasteiger partial charge is 0.252 e. The predicted molar refractivity (Wildman–Crippen MR) is 82.5 cm³/mol. The summed E-state index contributed by atoms with van der Waals surface area (Å²) < 4.78 is 0. The van der Waals surface area contributed by atoms with Crippen molar-refractivity contribution in [3.05, 3.63) is 22.2 Å². The molecule has 1 aromatic heterocycles. The van der Waals surface area contributed by atoms with Gasteiger partial charge in [-0.2, -0.15) is 0 Å². The van der Waals surface area contributed by atoms with E-state index in [2.05, 4.69) is 27.1 Å². The van der Waals surface area contributed by atoms with Gasteiger partial charge in [0.2, 0.25) is 0 Å². The van der Waals surface area contributed by atoms with Crippen LogP contribution in [0.5, 0.6) is 0 Å². The molecular formula is C15H26N4O. The Labute approximate surface area is 120 Å². The summed E-state index contributed by atoms with van der Waals surface area (Å²) in [7, 11) is 0. The van der Waals surface area contributed by atoms with Crippen LogP contribution in [-0.2, 0) is 0 Å². The Morgan fingerprint density at radius 2 is 2.35 bits per heavy atom. The van der Waals surface area contributed by atoms with E-state index in [1.54, 1.807) is 6.07 Å². The molecule has 1 aliphatic rings. The fourth-order valence-corrected chi connectivity index (χ4v) is 2.60. The van der Waals surface area contributed by atoms with Crippen molar-refractivity contribution in [1.29, 1.82) is 0 Å². The van der Waals surface area contributed by atoms with Gasteiger partial charge in [-0.15, -0.1) is 0 Å². The minimum Gasteiger partial charge on any atom is -0.355 e. The summed E-state index contributed by atoms with van der Waals surface area (Å²) in [5.41, 5.74) is -0.0534. The lowest BCUT2D eigenvalue weighted by Crippen LogP contribution is -2.46. The largest absolute Gasteiger partial charge is 0.355 e. The van der Waals surface area contributed by atoms with Crippen molar-refractivity contribution in [3.63, 3.8) is 0 Å². The number of piperidine rings is 1. The third-order valence-electron chi connectivity index (χ3n) is 3.72. The molecule has 0 aliphatic carbocycles. The normalized spacial score (nSPS) is 19.6. The molecule has 0 amide bonds. The molecule has 5 nitrogen and oxygen atoms in total. The predicted octanol–water partition coefficient (Wildman–Crippen LogP) is 1.86. The minimum atomic E-state index is -0.0534. The van der Waals surface area contributed by atoms with E-state index in [0.29, 0.717) is 6.04 Å². The first-order valence-corrected chi connectivity index (χ1v) is 7.69. The summed E-state index contributed by atoms with van der Waals surface area (Å²) in [6.07, 6.45) is 3.50. The van der Waals surface area contributed by atoms with Crippen LogP contribution in [-0.4, -0.2) is 35.6 Å². The summed E-state index contributed by atoms with van der Waals surface area (Å²) >= 11 is 0. The van der Waals surface area contributed by atoms with Crippen molar-refractivity contribution in [2.75, 3.05) is 24.5 Å². The van der Waals surface area contributed by atoms with Gasteiger partial charge in [-0.25, -0.2) is 4.98 Å². The van der Waals surface area contributed by atoms with E-state index in [0.717, 1.165) is 44.1 Å². The third-order valence-corrected chi connectivity index (χ3v) is 3.72. The third kappa shape index (κ3) is 3.82. The summed E-state index contributed by atoms with van der Waals surface area (Å²) in [6, 6.07) is 2.13. The number of hydrogen-bond acceptors (Lipinski definition) is 4. The van der Waals surface area contributed by atoms with Crippen LogP contribution in [0, 0.1) is 0 Å². The van der Waals surface area contributed by atoms with Gasteiger partial charge in [0, 0.05) is 31.1 Å². The molecule has 0 saturated carbocycles. The van der Waals surface area contributed by atoms with Gasteiger partial charge in [-0.3, -0.25) is 4.79 Å². The van der Waals surface area contributed by atoms with Gasteiger partial charge in [0.15, 0.2) is 0 Å².